The van der Waals surface area contributed by atoms with E-state index in [9.17, 15) is 0 Å². The number of thiophene rings is 1. The van der Waals surface area contributed by atoms with E-state index in [0.717, 1.165) is 18.7 Å². The van der Waals surface area contributed by atoms with Crippen molar-refractivity contribution in [3.05, 3.63) is 14.8 Å². The number of hydrogen-bond donors (Lipinski definition) is 1. The Hall–Kier alpha value is -0.250. The van der Waals surface area contributed by atoms with Crippen LogP contribution in [0.15, 0.2) is 0 Å². The first kappa shape index (κ1) is 7.40. The van der Waals surface area contributed by atoms with Crippen LogP contribution in [0.25, 0.3) is 0 Å². The van der Waals surface area contributed by atoms with Crippen molar-refractivity contribution in [1.82, 2.24) is 0 Å². The van der Waals surface area contributed by atoms with Gasteiger partial charge in [-0.2, -0.15) is 0 Å². The fraction of sp³-hybridized carbons (Fsp3) is 0.429. The second-order valence-electron chi connectivity index (χ2n) is 2.49. The van der Waals surface area contributed by atoms with Crippen LogP contribution in [0.1, 0.15) is 10.4 Å². The zero-order valence-corrected chi connectivity index (χ0v) is 7.47. The van der Waals surface area contributed by atoms with Crippen LogP contribution in [0, 0.1) is 0 Å². The van der Waals surface area contributed by atoms with E-state index in [0.29, 0.717) is 10.9 Å². The molecule has 1 aliphatic rings. The molecule has 1 aliphatic heterocycles. The van der Waals surface area contributed by atoms with Gasteiger partial charge in [-0.15, -0.1) is 11.3 Å². The third-order valence-electron chi connectivity index (χ3n) is 1.82. The lowest BCUT2D eigenvalue weighted by Gasteiger charge is -2.11. The van der Waals surface area contributed by atoms with Gasteiger partial charge in [0.25, 0.3) is 0 Å². The van der Waals surface area contributed by atoms with Crippen molar-refractivity contribution in [2.45, 2.75) is 13.0 Å². The lowest BCUT2D eigenvalue weighted by atomic mass is 10.1. The van der Waals surface area contributed by atoms with E-state index in [4.69, 9.17) is 22.1 Å². The number of fused-ring (bicyclic) bond motifs is 1. The monoisotopic (exact) mass is 189 g/mol. The molecule has 1 aromatic rings. The zero-order valence-electron chi connectivity index (χ0n) is 5.89. The molecule has 0 saturated carbocycles. The van der Waals surface area contributed by atoms with Crippen LogP contribution in [0.2, 0.25) is 4.34 Å². The van der Waals surface area contributed by atoms with Crippen molar-refractivity contribution in [1.29, 1.82) is 0 Å². The molecular weight excluding hydrogens is 182 g/mol. The lowest BCUT2D eigenvalue weighted by Crippen LogP contribution is -2.08. The fourth-order valence-corrected chi connectivity index (χ4v) is 2.54. The minimum absolute atomic E-state index is 0.678. The molecule has 60 valence electrons. The maximum atomic E-state index is 5.86. The normalized spacial score (nSPS) is 16.5. The van der Waals surface area contributed by atoms with Gasteiger partial charge in [-0.3, -0.25) is 0 Å². The van der Waals surface area contributed by atoms with Gasteiger partial charge < -0.3 is 10.5 Å². The second-order valence-corrected chi connectivity index (χ2v) is 4.20. The van der Waals surface area contributed by atoms with Crippen molar-refractivity contribution in [3.8, 4) is 0 Å². The molecule has 0 aliphatic carbocycles. The summed E-state index contributed by atoms with van der Waals surface area (Å²) in [6, 6.07) is 0. The molecule has 11 heavy (non-hydrogen) atoms. The van der Waals surface area contributed by atoms with Crippen LogP contribution in [0.5, 0.6) is 0 Å². The number of ether oxygens (including phenoxy) is 1. The lowest BCUT2D eigenvalue weighted by molar-refractivity contribution is 0.114. The average molecular weight is 190 g/mol. The Balaban J connectivity index is 2.50. The Morgan fingerprint density at radius 2 is 2.36 bits per heavy atom. The van der Waals surface area contributed by atoms with Crippen molar-refractivity contribution >= 4 is 28.6 Å². The summed E-state index contributed by atoms with van der Waals surface area (Å²) in [6.07, 6.45) is 0.907. The van der Waals surface area contributed by atoms with Crippen molar-refractivity contribution in [2.24, 2.45) is 0 Å². The molecule has 0 amide bonds. The van der Waals surface area contributed by atoms with Crippen LogP contribution in [-0.2, 0) is 17.8 Å². The summed E-state index contributed by atoms with van der Waals surface area (Å²) in [5.74, 6) is 0. The van der Waals surface area contributed by atoms with E-state index in [1.807, 2.05) is 0 Å². The molecule has 1 aromatic heterocycles. The molecule has 0 fully saturated rings. The van der Waals surface area contributed by atoms with Gasteiger partial charge in [-0.1, -0.05) is 11.6 Å². The molecule has 2 rings (SSSR count). The zero-order chi connectivity index (χ0) is 7.84. The van der Waals surface area contributed by atoms with Gasteiger partial charge in [0.15, 0.2) is 0 Å². The number of nitrogens with two attached hydrogens (primary N) is 1. The highest BCUT2D eigenvalue weighted by atomic mass is 35.5. The quantitative estimate of drug-likeness (QED) is 0.678. The first-order valence-electron chi connectivity index (χ1n) is 3.42. The number of nitrogen functional groups attached to an aromatic ring is 1. The van der Waals surface area contributed by atoms with Crippen molar-refractivity contribution < 1.29 is 4.74 Å². The Labute approximate surface area is 73.9 Å². The first-order valence-corrected chi connectivity index (χ1v) is 4.61. The van der Waals surface area contributed by atoms with E-state index in [1.165, 1.54) is 21.8 Å². The Morgan fingerprint density at radius 3 is 3.09 bits per heavy atom. The number of rotatable bonds is 0. The highest BCUT2D eigenvalue weighted by molar-refractivity contribution is 7.17. The molecule has 0 bridgehead atoms. The summed E-state index contributed by atoms with van der Waals surface area (Å²) in [5.41, 5.74) is 7.71. The van der Waals surface area contributed by atoms with Gasteiger partial charge in [-0.05, 0) is 12.0 Å². The second kappa shape index (κ2) is 2.66. The molecule has 4 heteroatoms. The minimum atomic E-state index is 0.678. The van der Waals surface area contributed by atoms with Crippen LogP contribution < -0.4 is 5.73 Å². The van der Waals surface area contributed by atoms with Crippen molar-refractivity contribution in [2.75, 3.05) is 12.3 Å². The molecule has 2 nitrogen and oxygen atoms in total. The van der Waals surface area contributed by atoms with Gasteiger partial charge in [0, 0.05) is 4.88 Å². The molecule has 0 atom stereocenters. The Morgan fingerprint density at radius 1 is 1.55 bits per heavy atom. The fourth-order valence-electron chi connectivity index (χ4n) is 1.22. The maximum absolute atomic E-state index is 5.86. The Bertz CT molecular complexity index is 284. The third-order valence-corrected chi connectivity index (χ3v) is 3.26. The van der Waals surface area contributed by atoms with E-state index in [2.05, 4.69) is 0 Å². The van der Waals surface area contributed by atoms with Crippen LogP contribution in [0.3, 0.4) is 0 Å². The van der Waals surface area contributed by atoms with E-state index >= 15 is 0 Å². The maximum Gasteiger partial charge on any atom is 0.116 e. The summed E-state index contributed by atoms with van der Waals surface area (Å²) >= 11 is 7.39. The van der Waals surface area contributed by atoms with Gasteiger partial charge in [0.2, 0.25) is 0 Å². The molecule has 0 unspecified atom stereocenters. The number of halogens is 1. The summed E-state index contributed by atoms with van der Waals surface area (Å²) in [6.45, 7) is 1.45. The molecule has 0 aromatic carbocycles. The van der Waals surface area contributed by atoms with Gasteiger partial charge in [-0.25, -0.2) is 0 Å². The summed E-state index contributed by atoms with van der Waals surface area (Å²) in [7, 11) is 0. The smallest absolute Gasteiger partial charge is 0.116 e. The predicted octanol–water partition coefficient (Wildman–Crippen LogP) is 2.06. The molecule has 0 radical (unpaired) electrons. The van der Waals surface area contributed by atoms with Crippen LogP contribution in [-0.4, -0.2) is 6.61 Å². The van der Waals surface area contributed by atoms with Crippen LogP contribution in [0.4, 0.5) is 5.69 Å². The third kappa shape index (κ3) is 1.13. The van der Waals surface area contributed by atoms with E-state index in [1.54, 1.807) is 0 Å². The van der Waals surface area contributed by atoms with Crippen LogP contribution >= 0.6 is 22.9 Å². The first-order chi connectivity index (χ1) is 5.29. The largest absolute Gasteiger partial charge is 0.397 e. The van der Waals surface area contributed by atoms with E-state index in [-0.39, 0.29) is 0 Å². The minimum Gasteiger partial charge on any atom is -0.397 e. The highest BCUT2D eigenvalue weighted by Gasteiger charge is 2.17. The Kier molecular flexibility index (Phi) is 1.79. The molecule has 0 saturated heterocycles. The molecule has 0 spiro atoms. The van der Waals surface area contributed by atoms with E-state index < -0.39 is 0 Å². The summed E-state index contributed by atoms with van der Waals surface area (Å²) < 4.78 is 5.97. The summed E-state index contributed by atoms with van der Waals surface area (Å²) in [4.78, 5) is 1.19. The van der Waals surface area contributed by atoms with Gasteiger partial charge in [0.05, 0.1) is 18.9 Å². The number of anilines is 1. The van der Waals surface area contributed by atoms with Crippen molar-refractivity contribution in [3.63, 3.8) is 0 Å². The number of hydrogen-bond acceptors (Lipinski definition) is 3. The average Bonchev–Trinajstić information content (AvgIpc) is 2.30. The van der Waals surface area contributed by atoms with Gasteiger partial charge in [0.1, 0.15) is 4.34 Å². The SMILES string of the molecule is Nc1c(Cl)sc2c1CCOC2. The topological polar surface area (TPSA) is 35.2 Å². The predicted molar refractivity (Wildman–Crippen MR) is 47.1 cm³/mol. The standard InChI is InChI=1S/C7H8ClNOS/c8-7-6(9)4-1-2-10-3-5(4)11-7/h1-3,9H2. The molecule has 2 N–H and O–H groups in total. The summed E-state index contributed by atoms with van der Waals surface area (Å²) in [5, 5.41) is 0. The van der Waals surface area contributed by atoms with Gasteiger partial charge >= 0.3 is 0 Å². The molecule has 2 heterocycles. The highest BCUT2D eigenvalue weighted by Crippen LogP contribution is 2.37. The molecular formula is C7H8ClNOS.